The Labute approximate surface area is 170 Å². The number of hydrogen-bond donors (Lipinski definition) is 3. The van der Waals surface area contributed by atoms with Gasteiger partial charge in [-0.3, -0.25) is 0 Å². The predicted molar refractivity (Wildman–Crippen MR) is 104 cm³/mol. The van der Waals surface area contributed by atoms with E-state index >= 15 is 0 Å². The standard InChI is InChI=1S/C19H18ClN3O6/c1-10(2)19(27)29-9-12(24)8-28-13-6-16(25)18(17(26)7-13)23-21-14-4-3-11(20)5-15(14)22-23/h3-7,12,24-26H,1,8-9H2,2H3. The largest absolute Gasteiger partial charge is 0.505 e. The number of halogens is 1. The van der Waals surface area contributed by atoms with Crippen molar-refractivity contribution in [1.82, 2.24) is 15.0 Å². The number of rotatable bonds is 7. The van der Waals surface area contributed by atoms with Crippen molar-refractivity contribution >= 4 is 28.6 Å². The van der Waals surface area contributed by atoms with E-state index in [4.69, 9.17) is 21.1 Å². The van der Waals surface area contributed by atoms with Gasteiger partial charge in [-0.05, 0) is 25.1 Å². The zero-order chi connectivity index (χ0) is 21.1. The Kier molecular flexibility index (Phi) is 5.90. The summed E-state index contributed by atoms with van der Waals surface area (Å²) < 4.78 is 10.2. The number of carbonyl (C=O) groups is 1. The van der Waals surface area contributed by atoms with Gasteiger partial charge in [-0.2, -0.15) is 0 Å². The molecule has 3 aromatic rings. The van der Waals surface area contributed by atoms with Gasteiger partial charge >= 0.3 is 5.97 Å². The summed E-state index contributed by atoms with van der Waals surface area (Å²) in [6.07, 6.45) is -1.11. The molecule has 152 valence electrons. The van der Waals surface area contributed by atoms with Crippen LogP contribution in [0, 0.1) is 0 Å². The maximum atomic E-state index is 11.3. The molecule has 9 nitrogen and oxygen atoms in total. The summed E-state index contributed by atoms with van der Waals surface area (Å²) in [5.41, 5.74) is 1.19. The van der Waals surface area contributed by atoms with E-state index in [9.17, 15) is 20.1 Å². The first kappa shape index (κ1) is 20.4. The van der Waals surface area contributed by atoms with Crippen LogP contribution in [-0.2, 0) is 9.53 Å². The van der Waals surface area contributed by atoms with E-state index < -0.39 is 12.1 Å². The summed E-state index contributed by atoms with van der Waals surface area (Å²) in [6, 6.07) is 7.40. The van der Waals surface area contributed by atoms with Gasteiger partial charge in [0, 0.05) is 22.7 Å². The number of hydrogen-bond acceptors (Lipinski definition) is 8. The SMILES string of the molecule is C=C(C)C(=O)OCC(O)COc1cc(O)c(-n2nc3ccc(Cl)cc3n2)c(O)c1. The summed E-state index contributed by atoms with van der Waals surface area (Å²) >= 11 is 5.93. The number of phenolic OH excluding ortho intramolecular Hbond substituents is 2. The number of aromatic hydroxyl groups is 2. The number of nitrogens with zero attached hydrogens (tertiary/aromatic N) is 3. The Hall–Kier alpha value is -3.30. The Bertz CT molecular complexity index is 1060. The zero-order valence-corrected chi connectivity index (χ0v) is 16.1. The van der Waals surface area contributed by atoms with Gasteiger partial charge in [0.15, 0.2) is 17.2 Å². The molecule has 0 spiro atoms. The van der Waals surface area contributed by atoms with E-state index in [1.807, 2.05) is 0 Å². The fraction of sp³-hybridized carbons (Fsp3) is 0.211. The fourth-order valence-corrected chi connectivity index (χ4v) is 2.56. The van der Waals surface area contributed by atoms with E-state index in [0.29, 0.717) is 16.1 Å². The number of aliphatic hydroxyl groups is 1. The second kappa shape index (κ2) is 8.38. The molecule has 0 aliphatic rings. The first-order valence-corrected chi connectivity index (χ1v) is 8.85. The molecule has 0 amide bonds. The summed E-state index contributed by atoms with van der Waals surface area (Å²) in [6.45, 7) is 4.41. The van der Waals surface area contributed by atoms with Crippen LogP contribution in [0.1, 0.15) is 6.92 Å². The molecule has 1 heterocycles. The van der Waals surface area contributed by atoms with Crippen LogP contribution in [0.4, 0.5) is 0 Å². The Balaban J connectivity index is 1.72. The first-order valence-electron chi connectivity index (χ1n) is 8.47. The molecule has 10 heteroatoms. The lowest BCUT2D eigenvalue weighted by Gasteiger charge is -2.14. The molecule has 0 saturated heterocycles. The van der Waals surface area contributed by atoms with Crippen molar-refractivity contribution in [2.24, 2.45) is 0 Å². The van der Waals surface area contributed by atoms with E-state index in [1.165, 1.54) is 19.1 Å². The quantitative estimate of drug-likeness (QED) is 0.393. The number of fused-ring (bicyclic) bond motifs is 1. The summed E-state index contributed by atoms with van der Waals surface area (Å²) in [4.78, 5) is 12.4. The molecule has 0 aliphatic heterocycles. The number of carbonyl (C=O) groups excluding carboxylic acids is 1. The number of benzene rings is 2. The van der Waals surface area contributed by atoms with Gasteiger partial charge < -0.3 is 24.8 Å². The average molecular weight is 420 g/mol. The minimum absolute atomic E-state index is 0.0411. The third-order valence-corrected chi connectivity index (χ3v) is 4.02. The summed E-state index contributed by atoms with van der Waals surface area (Å²) in [7, 11) is 0. The second-order valence-corrected chi connectivity index (χ2v) is 6.71. The highest BCUT2D eigenvalue weighted by Crippen LogP contribution is 2.35. The number of ether oxygens (including phenoxy) is 2. The van der Waals surface area contributed by atoms with Gasteiger partial charge in [0.25, 0.3) is 0 Å². The van der Waals surface area contributed by atoms with Crippen LogP contribution in [0.3, 0.4) is 0 Å². The first-order chi connectivity index (χ1) is 13.7. The molecule has 0 fully saturated rings. The highest BCUT2D eigenvalue weighted by molar-refractivity contribution is 6.31. The third-order valence-electron chi connectivity index (χ3n) is 3.78. The molecule has 1 unspecified atom stereocenters. The maximum absolute atomic E-state index is 11.3. The topological polar surface area (TPSA) is 127 Å². The monoisotopic (exact) mass is 419 g/mol. The minimum atomic E-state index is -1.11. The van der Waals surface area contributed by atoms with E-state index in [2.05, 4.69) is 16.8 Å². The zero-order valence-electron chi connectivity index (χ0n) is 15.4. The molecule has 1 atom stereocenters. The lowest BCUT2D eigenvalue weighted by atomic mass is 10.2. The lowest BCUT2D eigenvalue weighted by molar-refractivity contribution is -0.142. The van der Waals surface area contributed by atoms with Crippen molar-refractivity contribution in [2.45, 2.75) is 13.0 Å². The number of esters is 1. The number of aromatic nitrogens is 3. The van der Waals surface area contributed by atoms with Crippen LogP contribution in [0.15, 0.2) is 42.5 Å². The normalized spacial score (nSPS) is 12.0. The molecule has 2 aromatic carbocycles. The minimum Gasteiger partial charge on any atom is -0.505 e. The molecule has 1 aromatic heterocycles. The van der Waals surface area contributed by atoms with E-state index in [-0.39, 0.29) is 41.7 Å². The van der Waals surface area contributed by atoms with Gasteiger partial charge in [0.05, 0.1) is 0 Å². The fourth-order valence-electron chi connectivity index (χ4n) is 2.39. The molecule has 0 bridgehead atoms. The van der Waals surface area contributed by atoms with Crippen LogP contribution in [-0.4, -0.2) is 55.6 Å². The van der Waals surface area contributed by atoms with Crippen molar-refractivity contribution in [3.05, 3.63) is 47.5 Å². The molecule has 0 aliphatic carbocycles. The van der Waals surface area contributed by atoms with Gasteiger partial charge in [0.2, 0.25) is 0 Å². The summed E-state index contributed by atoms with van der Waals surface area (Å²) in [5.74, 6) is -1.21. The van der Waals surface area contributed by atoms with Crippen LogP contribution >= 0.6 is 11.6 Å². The molecule has 29 heavy (non-hydrogen) atoms. The van der Waals surface area contributed by atoms with Gasteiger partial charge in [0.1, 0.15) is 36.1 Å². The van der Waals surface area contributed by atoms with Crippen LogP contribution in [0.25, 0.3) is 16.7 Å². The molecule has 0 radical (unpaired) electrons. The lowest BCUT2D eigenvalue weighted by Crippen LogP contribution is -2.25. The van der Waals surface area contributed by atoms with Crippen molar-refractivity contribution in [3.8, 4) is 22.9 Å². The Morgan fingerprint density at radius 3 is 2.48 bits per heavy atom. The number of phenols is 2. The van der Waals surface area contributed by atoms with Gasteiger partial charge in [-0.1, -0.05) is 18.2 Å². The highest BCUT2D eigenvalue weighted by Gasteiger charge is 2.17. The molecule has 3 rings (SSSR count). The van der Waals surface area contributed by atoms with Gasteiger partial charge in [-0.15, -0.1) is 15.0 Å². The van der Waals surface area contributed by atoms with Crippen LogP contribution in [0.2, 0.25) is 5.02 Å². The van der Waals surface area contributed by atoms with Crippen molar-refractivity contribution in [1.29, 1.82) is 0 Å². The third kappa shape index (κ3) is 4.76. The highest BCUT2D eigenvalue weighted by atomic mass is 35.5. The molecule has 3 N–H and O–H groups in total. The maximum Gasteiger partial charge on any atom is 0.333 e. The second-order valence-electron chi connectivity index (χ2n) is 6.28. The summed E-state index contributed by atoms with van der Waals surface area (Å²) in [5, 5.41) is 39.3. The molecular formula is C19H18ClN3O6. The predicted octanol–water partition coefficient (Wildman–Crippen LogP) is 2.34. The van der Waals surface area contributed by atoms with Crippen LogP contribution < -0.4 is 4.74 Å². The van der Waals surface area contributed by atoms with E-state index in [1.54, 1.807) is 18.2 Å². The number of aliphatic hydroxyl groups excluding tert-OH is 1. The van der Waals surface area contributed by atoms with Crippen LogP contribution in [0.5, 0.6) is 17.2 Å². The van der Waals surface area contributed by atoms with Crippen molar-refractivity contribution in [2.75, 3.05) is 13.2 Å². The Morgan fingerprint density at radius 1 is 1.17 bits per heavy atom. The average Bonchev–Trinajstić information content (AvgIpc) is 3.06. The Morgan fingerprint density at radius 2 is 1.83 bits per heavy atom. The molecular weight excluding hydrogens is 402 g/mol. The van der Waals surface area contributed by atoms with E-state index in [0.717, 1.165) is 4.80 Å². The molecule has 0 saturated carbocycles. The van der Waals surface area contributed by atoms with Crippen molar-refractivity contribution in [3.63, 3.8) is 0 Å². The van der Waals surface area contributed by atoms with Gasteiger partial charge in [-0.25, -0.2) is 4.79 Å². The smallest absolute Gasteiger partial charge is 0.333 e. The van der Waals surface area contributed by atoms with Crippen molar-refractivity contribution < 1.29 is 29.6 Å².